The van der Waals surface area contributed by atoms with Crippen molar-refractivity contribution < 1.29 is 28.5 Å². The van der Waals surface area contributed by atoms with Crippen molar-refractivity contribution in [3.63, 3.8) is 0 Å². The molecule has 6 nitrogen and oxygen atoms in total. The van der Waals surface area contributed by atoms with Gasteiger partial charge in [0.25, 0.3) is 0 Å². The molecule has 0 radical (unpaired) electrons. The van der Waals surface area contributed by atoms with Gasteiger partial charge in [0.2, 0.25) is 0 Å². The fraction of sp³-hybridized carbons (Fsp3) is 0.714. The van der Waals surface area contributed by atoms with Crippen LogP contribution in [0, 0.1) is 17.8 Å². The van der Waals surface area contributed by atoms with Crippen LogP contribution >= 0.6 is 0 Å². The van der Waals surface area contributed by atoms with Crippen LogP contribution in [0.2, 0.25) is 0 Å². The molecule has 1 aromatic rings. The number of ether oxygens (including phenoxy) is 4. The summed E-state index contributed by atoms with van der Waals surface area (Å²) < 4.78 is 22.1. The molecule has 0 amide bonds. The maximum atomic E-state index is 13.1. The van der Waals surface area contributed by atoms with Gasteiger partial charge in [0.15, 0.2) is 5.92 Å². The Morgan fingerprint density at radius 1 is 0.794 bits per heavy atom. The monoisotopic (exact) mass is 478 g/mol. The Bertz CT molecular complexity index is 685. The standard InChI is InChI=1S/C28H46O6/c1-7-11-13-21(9-3)19-33-27(29)25(28(30)34-20-22(10-4)14-12-8-2)17-23-15-16-24(31-5)18-26(23)32-6/h15-16,18,21-22,25H,7-14,17,19-20H2,1-6H3. The summed E-state index contributed by atoms with van der Waals surface area (Å²) in [6, 6.07) is 5.36. The molecule has 34 heavy (non-hydrogen) atoms. The summed E-state index contributed by atoms with van der Waals surface area (Å²) >= 11 is 0. The summed E-state index contributed by atoms with van der Waals surface area (Å²) in [4.78, 5) is 26.2. The van der Waals surface area contributed by atoms with Gasteiger partial charge in [-0.15, -0.1) is 0 Å². The Balaban J connectivity index is 2.99. The van der Waals surface area contributed by atoms with Gasteiger partial charge in [-0.25, -0.2) is 0 Å². The molecule has 0 saturated heterocycles. The average Bonchev–Trinajstić information content (AvgIpc) is 2.87. The third-order valence-electron chi connectivity index (χ3n) is 6.50. The van der Waals surface area contributed by atoms with Crippen LogP contribution in [0.3, 0.4) is 0 Å². The molecule has 2 atom stereocenters. The number of hydrogen-bond donors (Lipinski definition) is 0. The zero-order valence-electron chi connectivity index (χ0n) is 22.2. The van der Waals surface area contributed by atoms with Gasteiger partial charge in [-0.1, -0.05) is 72.3 Å². The van der Waals surface area contributed by atoms with Crippen LogP contribution in [0.4, 0.5) is 0 Å². The molecule has 0 aromatic heterocycles. The van der Waals surface area contributed by atoms with E-state index >= 15 is 0 Å². The minimum Gasteiger partial charge on any atom is -0.497 e. The lowest BCUT2D eigenvalue weighted by Crippen LogP contribution is -2.32. The van der Waals surface area contributed by atoms with Gasteiger partial charge < -0.3 is 18.9 Å². The van der Waals surface area contributed by atoms with Crippen LogP contribution in [0.15, 0.2) is 18.2 Å². The first-order chi connectivity index (χ1) is 16.4. The minimum absolute atomic E-state index is 0.155. The molecule has 1 aromatic carbocycles. The topological polar surface area (TPSA) is 71.1 Å². The van der Waals surface area contributed by atoms with E-state index in [1.807, 2.05) is 6.07 Å². The van der Waals surface area contributed by atoms with E-state index in [4.69, 9.17) is 18.9 Å². The molecule has 0 spiro atoms. The number of carbonyl (C=O) groups is 2. The molecule has 0 saturated carbocycles. The van der Waals surface area contributed by atoms with Crippen LogP contribution in [-0.4, -0.2) is 39.4 Å². The lowest BCUT2D eigenvalue weighted by molar-refractivity contribution is -0.163. The third kappa shape index (κ3) is 10.4. The Kier molecular flexibility index (Phi) is 15.1. The fourth-order valence-corrected chi connectivity index (χ4v) is 3.90. The van der Waals surface area contributed by atoms with Crippen LogP contribution in [0.25, 0.3) is 0 Å². The highest BCUT2D eigenvalue weighted by atomic mass is 16.6. The SMILES string of the molecule is CCCCC(CC)COC(=O)C(Cc1ccc(OC)cc1OC)C(=O)OCC(CC)CCCC. The van der Waals surface area contributed by atoms with Crippen LogP contribution in [0.1, 0.15) is 84.6 Å². The van der Waals surface area contributed by atoms with Crippen molar-refractivity contribution in [2.45, 2.75) is 85.5 Å². The predicted molar refractivity (Wildman–Crippen MR) is 135 cm³/mol. The quantitative estimate of drug-likeness (QED) is 0.180. The Morgan fingerprint density at radius 3 is 1.74 bits per heavy atom. The highest BCUT2D eigenvalue weighted by molar-refractivity contribution is 5.95. The second-order valence-electron chi connectivity index (χ2n) is 9.03. The molecule has 0 heterocycles. The number of unbranched alkanes of at least 4 members (excludes halogenated alkanes) is 2. The number of benzene rings is 1. The Hall–Kier alpha value is -2.24. The Labute approximate surface area is 206 Å². The van der Waals surface area contributed by atoms with E-state index in [1.54, 1.807) is 26.4 Å². The second kappa shape index (κ2) is 17.2. The van der Waals surface area contributed by atoms with Gasteiger partial charge >= 0.3 is 11.9 Å². The van der Waals surface area contributed by atoms with Crippen molar-refractivity contribution in [2.75, 3.05) is 27.4 Å². The molecular formula is C28H46O6. The van der Waals surface area contributed by atoms with E-state index < -0.39 is 17.9 Å². The summed E-state index contributed by atoms with van der Waals surface area (Å²) in [6.45, 7) is 9.15. The minimum atomic E-state index is -1.03. The van der Waals surface area contributed by atoms with Gasteiger partial charge in [-0.2, -0.15) is 0 Å². The maximum absolute atomic E-state index is 13.1. The van der Waals surface area contributed by atoms with Crippen molar-refractivity contribution in [1.29, 1.82) is 0 Å². The summed E-state index contributed by atoms with van der Waals surface area (Å²) in [5, 5.41) is 0. The van der Waals surface area contributed by atoms with Gasteiger partial charge in [0, 0.05) is 6.07 Å². The normalized spacial score (nSPS) is 13.6. The zero-order chi connectivity index (χ0) is 25.3. The van der Waals surface area contributed by atoms with Crippen molar-refractivity contribution in [3.05, 3.63) is 23.8 Å². The van der Waals surface area contributed by atoms with E-state index in [2.05, 4.69) is 27.7 Å². The molecule has 0 aliphatic heterocycles. The first-order valence-corrected chi connectivity index (χ1v) is 13.0. The zero-order valence-corrected chi connectivity index (χ0v) is 22.2. The number of hydrogen-bond acceptors (Lipinski definition) is 6. The lowest BCUT2D eigenvalue weighted by Gasteiger charge is -2.21. The summed E-state index contributed by atoms with van der Waals surface area (Å²) in [5.74, 6) is -0.280. The molecule has 1 rings (SSSR count). The highest BCUT2D eigenvalue weighted by Crippen LogP contribution is 2.28. The molecule has 2 unspecified atom stereocenters. The third-order valence-corrected chi connectivity index (χ3v) is 6.50. The number of esters is 2. The first kappa shape index (κ1) is 29.8. The molecule has 0 aliphatic rings. The van der Waals surface area contributed by atoms with Gasteiger partial charge in [-0.05, 0) is 42.7 Å². The number of rotatable bonds is 18. The highest BCUT2D eigenvalue weighted by Gasteiger charge is 2.32. The maximum Gasteiger partial charge on any atom is 0.320 e. The van der Waals surface area contributed by atoms with Crippen LogP contribution in [0.5, 0.6) is 11.5 Å². The molecule has 0 bridgehead atoms. The van der Waals surface area contributed by atoms with Gasteiger partial charge in [0.1, 0.15) is 11.5 Å². The molecule has 0 aliphatic carbocycles. The lowest BCUT2D eigenvalue weighted by atomic mass is 9.97. The van der Waals surface area contributed by atoms with E-state index in [1.165, 1.54) is 0 Å². The number of carbonyl (C=O) groups excluding carboxylic acids is 2. The van der Waals surface area contributed by atoms with Gasteiger partial charge in [-0.3, -0.25) is 9.59 Å². The summed E-state index contributed by atoms with van der Waals surface area (Å²) in [6.07, 6.45) is 8.45. The summed E-state index contributed by atoms with van der Waals surface area (Å²) in [5.41, 5.74) is 0.734. The van der Waals surface area contributed by atoms with Crippen LogP contribution < -0.4 is 9.47 Å². The van der Waals surface area contributed by atoms with Crippen molar-refractivity contribution in [2.24, 2.45) is 17.8 Å². The fourth-order valence-electron chi connectivity index (χ4n) is 3.90. The number of methoxy groups -OCH3 is 2. The molecule has 6 heteroatoms. The summed E-state index contributed by atoms with van der Waals surface area (Å²) in [7, 11) is 3.14. The molecule has 0 fully saturated rings. The van der Waals surface area contributed by atoms with E-state index in [0.717, 1.165) is 56.9 Å². The van der Waals surface area contributed by atoms with E-state index in [9.17, 15) is 9.59 Å². The van der Waals surface area contributed by atoms with Crippen molar-refractivity contribution >= 4 is 11.9 Å². The van der Waals surface area contributed by atoms with E-state index in [-0.39, 0.29) is 6.42 Å². The second-order valence-corrected chi connectivity index (χ2v) is 9.03. The molecule has 0 N–H and O–H groups in total. The van der Waals surface area contributed by atoms with Crippen molar-refractivity contribution in [1.82, 2.24) is 0 Å². The van der Waals surface area contributed by atoms with Gasteiger partial charge in [0.05, 0.1) is 27.4 Å². The van der Waals surface area contributed by atoms with Crippen LogP contribution in [-0.2, 0) is 25.5 Å². The first-order valence-electron chi connectivity index (χ1n) is 13.0. The predicted octanol–water partition coefficient (Wildman–Crippen LogP) is 6.38. The average molecular weight is 479 g/mol. The largest absolute Gasteiger partial charge is 0.497 e. The molecule has 194 valence electrons. The van der Waals surface area contributed by atoms with E-state index in [0.29, 0.717) is 36.5 Å². The molecular weight excluding hydrogens is 432 g/mol. The Morgan fingerprint density at radius 2 is 1.32 bits per heavy atom. The smallest absolute Gasteiger partial charge is 0.320 e. The van der Waals surface area contributed by atoms with Crippen molar-refractivity contribution in [3.8, 4) is 11.5 Å².